The third kappa shape index (κ3) is 0.791. The van der Waals surface area contributed by atoms with Gasteiger partial charge in [0.2, 0.25) is 0 Å². The lowest BCUT2D eigenvalue weighted by Crippen LogP contribution is -1.89. The number of hydrogen-bond donors (Lipinski definition) is 0. The van der Waals surface area contributed by atoms with Crippen molar-refractivity contribution in [1.29, 1.82) is 0 Å². The fourth-order valence-electron chi connectivity index (χ4n) is 2.08. The molecule has 2 unspecified atom stereocenters. The summed E-state index contributed by atoms with van der Waals surface area (Å²) in [6.45, 7) is 0. The Labute approximate surface area is 74.0 Å². The molecule has 56 valence electrons. The normalized spacial score (nSPS) is 31.4. The van der Waals surface area contributed by atoms with E-state index in [-0.39, 0.29) is 0 Å². The molecule has 3 rings (SSSR count). The molecule has 0 N–H and O–H groups in total. The van der Waals surface area contributed by atoms with Crippen molar-refractivity contribution in [3.05, 3.63) is 28.0 Å². The molecule has 2 aliphatic carbocycles. The largest absolute Gasteiger partial charge is 0.260 e. The van der Waals surface area contributed by atoms with Gasteiger partial charge >= 0.3 is 0 Å². The maximum absolute atomic E-state index is 4.43. The van der Waals surface area contributed by atoms with Crippen LogP contribution in [0.1, 0.15) is 23.6 Å². The maximum atomic E-state index is 4.43. The van der Waals surface area contributed by atoms with E-state index in [4.69, 9.17) is 0 Å². The number of rotatable bonds is 0. The van der Waals surface area contributed by atoms with Crippen LogP contribution in [0.15, 0.2) is 16.7 Å². The van der Waals surface area contributed by atoms with Gasteiger partial charge in [-0.05, 0) is 46.3 Å². The molecule has 0 aromatic carbocycles. The van der Waals surface area contributed by atoms with Gasteiger partial charge in [-0.3, -0.25) is 4.98 Å². The number of fused-ring (bicyclic) bond motifs is 3. The predicted molar refractivity (Wildman–Crippen MR) is 46.5 cm³/mol. The molecule has 1 fully saturated rings. The highest BCUT2D eigenvalue weighted by atomic mass is 79.9. The summed E-state index contributed by atoms with van der Waals surface area (Å²) in [5, 5.41) is 0. The standard InChI is InChI=1S/C9H8BrN/c10-7-2-6-1-5-3-8(5)9(6)11-4-7/h2,4-5,8H,1,3H2. The van der Waals surface area contributed by atoms with Crippen molar-refractivity contribution in [1.82, 2.24) is 4.98 Å². The molecule has 2 heteroatoms. The number of hydrogen-bond acceptors (Lipinski definition) is 1. The average Bonchev–Trinajstić information content (AvgIpc) is 2.63. The maximum Gasteiger partial charge on any atom is 0.0470 e. The zero-order chi connectivity index (χ0) is 7.42. The van der Waals surface area contributed by atoms with E-state index in [9.17, 15) is 0 Å². The van der Waals surface area contributed by atoms with Crippen molar-refractivity contribution >= 4 is 15.9 Å². The molecule has 0 radical (unpaired) electrons. The Kier molecular flexibility index (Phi) is 1.05. The summed E-state index contributed by atoms with van der Waals surface area (Å²) in [6, 6.07) is 2.22. The zero-order valence-corrected chi connectivity index (χ0v) is 7.63. The van der Waals surface area contributed by atoms with E-state index in [1.807, 2.05) is 6.20 Å². The molecule has 2 atom stereocenters. The van der Waals surface area contributed by atoms with Gasteiger partial charge in [-0.2, -0.15) is 0 Å². The first kappa shape index (κ1) is 6.18. The fraction of sp³-hybridized carbons (Fsp3) is 0.444. The molecule has 1 saturated carbocycles. The molecule has 1 nitrogen and oxygen atoms in total. The number of halogens is 1. The van der Waals surface area contributed by atoms with Crippen LogP contribution in [0.5, 0.6) is 0 Å². The highest BCUT2D eigenvalue weighted by Gasteiger charge is 2.46. The molecule has 0 amide bonds. The third-order valence-electron chi connectivity index (χ3n) is 2.72. The van der Waals surface area contributed by atoms with Crippen LogP contribution in [0.2, 0.25) is 0 Å². The van der Waals surface area contributed by atoms with Gasteiger partial charge in [-0.1, -0.05) is 0 Å². The monoisotopic (exact) mass is 209 g/mol. The van der Waals surface area contributed by atoms with Gasteiger partial charge in [0.05, 0.1) is 0 Å². The van der Waals surface area contributed by atoms with Crippen molar-refractivity contribution in [2.45, 2.75) is 18.8 Å². The van der Waals surface area contributed by atoms with Crippen molar-refractivity contribution in [2.75, 3.05) is 0 Å². The summed E-state index contributed by atoms with van der Waals surface area (Å²) in [5.41, 5.74) is 2.85. The SMILES string of the molecule is Brc1cnc2c(c1)CC1CC21. The van der Waals surface area contributed by atoms with E-state index >= 15 is 0 Å². The quantitative estimate of drug-likeness (QED) is 0.641. The molecule has 1 aromatic heterocycles. The Balaban J connectivity index is 2.18. The van der Waals surface area contributed by atoms with E-state index in [1.165, 1.54) is 24.1 Å². The lowest BCUT2D eigenvalue weighted by Gasteiger charge is -2.00. The lowest BCUT2D eigenvalue weighted by molar-refractivity contribution is 0.856. The molecular formula is C9H8BrN. The summed E-state index contributed by atoms with van der Waals surface area (Å²) in [6.07, 6.45) is 4.58. The molecule has 2 aliphatic rings. The average molecular weight is 210 g/mol. The van der Waals surface area contributed by atoms with Crippen LogP contribution in [-0.2, 0) is 6.42 Å². The van der Waals surface area contributed by atoms with Gasteiger partial charge in [-0.25, -0.2) is 0 Å². The van der Waals surface area contributed by atoms with Crippen LogP contribution in [0, 0.1) is 5.92 Å². The highest BCUT2D eigenvalue weighted by Crippen LogP contribution is 2.55. The van der Waals surface area contributed by atoms with E-state index in [1.54, 1.807) is 0 Å². The van der Waals surface area contributed by atoms with Gasteiger partial charge in [0.15, 0.2) is 0 Å². The van der Waals surface area contributed by atoms with E-state index in [0.717, 1.165) is 16.3 Å². The van der Waals surface area contributed by atoms with Gasteiger partial charge < -0.3 is 0 Å². The van der Waals surface area contributed by atoms with E-state index < -0.39 is 0 Å². The summed E-state index contributed by atoms with van der Waals surface area (Å²) >= 11 is 3.44. The second kappa shape index (κ2) is 1.86. The summed E-state index contributed by atoms with van der Waals surface area (Å²) in [7, 11) is 0. The highest BCUT2D eigenvalue weighted by molar-refractivity contribution is 9.10. The Hall–Kier alpha value is -0.370. The van der Waals surface area contributed by atoms with Crippen molar-refractivity contribution in [2.24, 2.45) is 5.92 Å². The van der Waals surface area contributed by atoms with Crippen LogP contribution < -0.4 is 0 Å². The third-order valence-corrected chi connectivity index (χ3v) is 3.16. The van der Waals surface area contributed by atoms with Crippen LogP contribution in [0.4, 0.5) is 0 Å². The summed E-state index contributed by atoms with van der Waals surface area (Å²) in [5.74, 6) is 1.78. The van der Waals surface area contributed by atoms with Crippen molar-refractivity contribution in [3.8, 4) is 0 Å². The number of nitrogens with zero attached hydrogens (tertiary/aromatic N) is 1. The Bertz CT molecular complexity index is 321. The van der Waals surface area contributed by atoms with Crippen LogP contribution in [0.25, 0.3) is 0 Å². The second-order valence-corrected chi connectivity index (χ2v) is 4.42. The first-order valence-corrected chi connectivity index (χ1v) is 4.78. The van der Waals surface area contributed by atoms with Crippen LogP contribution in [0.3, 0.4) is 0 Å². The van der Waals surface area contributed by atoms with Gasteiger partial charge in [0.1, 0.15) is 0 Å². The molecule has 11 heavy (non-hydrogen) atoms. The Morgan fingerprint density at radius 3 is 3.36 bits per heavy atom. The minimum atomic E-state index is 0.832. The predicted octanol–water partition coefficient (Wildman–Crippen LogP) is 2.50. The molecule has 1 heterocycles. The smallest absolute Gasteiger partial charge is 0.0470 e. The molecule has 0 spiro atoms. The first-order valence-electron chi connectivity index (χ1n) is 3.99. The molecule has 0 saturated heterocycles. The fourth-order valence-corrected chi connectivity index (χ4v) is 2.46. The molecule has 0 bridgehead atoms. The number of pyridine rings is 1. The molecular weight excluding hydrogens is 202 g/mol. The minimum Gasteiger partial charge on any atom is -0.260 e. The summed E-state index contributed by atoms with van der Waals surface area (Å²) < 4.78 is 1.12. The second-order valence-electron chi connectivity index (χ2n) is 3.50. The van der Waals surface area contributed by atoms with Crippen LogP contribution >= 0.6 is 15.9 Å². The molecule has 1 aromatic rings. The van der Waals surface area contributed by atoms with Crippen LogP contribution in [-0.4, -0.2) is 4.98 Å². The molecule has 0 aliphatic heterocycles. The van der Waals surface area contributed by atoms with Gasteiger partial charge in [0.25, 0.3) is 0 Å². The van der Waals surface area contributed by atoms with Gasteiger partial charge in [-0.15, -0.1) is 0 Å². The van der Waals surface area contributed by atoms with Gasteiger partial charge in [0, 0.05) is 22.3 Å². The first-order chi connectivity index (χ1) is 5.34. The summed E-state index contributed by atoms with van der Waals surface area (Å²) in [4.78, 5) is 4.43. The van der Waals surface area contributed by atoms with E-state index in [0.29, 0.717) is 0 Å². The topological polar surface area (TPSA) is 12.9 Å². The zero-order valence-electron chi connectivity index (χ0n) is 6.05. The van der Waals surface area contributed by atoms with Crippen molar-refractivity contribution < 1.29 is 0 Å². The minimum absolute atomic E-state index is 0.832. The lowest BCUT2D eigenvalue weighted by atomic mass is 10.1. The number of aromatic nitrogens is 1. The van der Waals surface area contributed by atoms with E-state index in [2.05, 4.69) is 27.0 Å². The Morgan fingerprint density at radius 2 is 2.45 bits per heavy atom. The van der Waals surface area contributed by atoms with Crippen molar-refractivity contribution in [3.63, 3.8) is 0 Å². The Morgan fingerprint density at radius 1 is 1.55 bits per heavy atom.